The fourth-order valence-electron chi connectivity index (χ4n) is 3.01. The predicted octanol–water partition coefficient (Wildman–Crippen LogP) is 4.33. The fourth-order valence-corrected chi connectivity index (χ4v) is 3.31. The number of esters is 1. The number of carbonyl (C=O) groups excluding carboxylic acids is 1. The van der Waals surface area contributed by atoms with Crippen molar-refractivity contribution >= 4 is 23.4 Å². The average Bonchev–Trinajstić information content (AvgIpc) is 2.73. The standard InChI is InChI=1S/C22H21ClN4O2/c1-12(22(28)29-3)16-8-9-17(18(23)10-16)14-4-6-15(7-5-14)20-13(2)26-11-19(27-20)21(24)25/h4-12H,1-3H3,(H3,24,25). The number of aromatic nitrogens is 2. The Morgan fingerprint density at radius 2 is 1.83 bits per heavy atom. The molecule has 3 N–H and O–H groups in total. The number of nitrogen functional groups attached to an aromatic ring is 1. The van der Waals surface area contributed by atoms with Gasteiger partial charge in [-0.05, 0) is 31.0 Å². The fraction of sp³-hybridized carbons (Fsp3) is 0.182. The molecule has 0 aliphatic heterocycles. The molecule has 29 heavy (non-hydrogen) atoms. The van der Waals surface area contributed by atoms with E-state index in [1.54, 1.807) is 13.0 Å². The number of methoxy groups -OCH3 is 1. The number of halogens is 1. The Morgan fingerprint density at radius 1 is 1.17 bits per heavy atom. The van der Waals surface area contributed by atoms with Gasteiger partial charge in [0.2, 0.25) is 0 Å². The minimum atomic E-state index is -0.385. The van der Waals surface area contributed by atoms with Crippen molar-refractivity contribution in [3.8, 4) is 22.4 Å². The van der Waals surface area contributed by atoms with E-state index >= 15 is 0 Å². The highest BCUT2D eigenvalue weighted by molar-refractivity contribution is 6.33. The Bertz CT molecular complexity index is 1080. The molecule has 0 radical (unpaired) electrons. The molecular formula is C22H21ClN4O2. The molecule has 0 saturated carbocycles. The monoisotopic (exact) mass is 408 g/mol. The van der Waals surface area contributed by atoms with E-state index in [2.05, 4.69) is 9.97 Å². The van der Waals surface area contributed by atoms with Crippen LogP contribution in [0.4, 0.5) is 0 Å². The van der Waals surface area contributed by atoms with Crippen LogP contribution in [0.25, 0.3) is 22.4 Å². The van der Waals surface area contributed by atoms with Crippen molar-refractivity contribution in [3.05, 3.63) is 70.6 Å². The number of rotatable bonds is 5. The number of nitrogens with one attached hydrogen (secondary N) is 1. The van der Waals surface area contributed by atoms with Crippen LogP contribution in [-0.4, -0.2) is 28.9 Å². The molecular weight excluding hydrogens is 388 g/mol. The van der Waals surface area contributed by atoms with Crippen LogP contribution in [0.2, 0.25) is 5.02 Å². The zero-order valence-electron chi connectivity index (χ0n) is 16.4. The van der Waals surface area contributed by atoms with Crippen LogP contribution in [-0.2, 0) is 9.53 Å². The normalized spacial score (nSPS) is 11.7. The average molecular weight is 409 g/mol. The number of nitrogens with two attached hydrogens (primary N) is 1. The molecule has 1 atom stereocenters. The molecule has 3 rings (SSSR count). The van der Waals surface area contributed by atoms with E-state index in [1.165, 1.54) is 13.3 Å². The van der Waals surface area contributed by atoms with E-state index < -0.39 is 0 Å². The summed E-state index contributed by atoms with van der Waals surface area (Å²) < 4.78 is 4.79. The largest absolute Gasteiger partial charge is 0.469 e. The summed E-state index contributed by atoms with van der Waals surface area (Å²) in [6.45, 7) is 3.64. The van der Waals surface area contributed by atoms with E-state index in [1.807, 2.05) is 43.3 Å². The first-order valence-corrected chi connectivity index (χ1v) is 9.35. The second-order valence-corrected chi connectivity index (χ2v) is 7.07. The van der Waals surface area contributed by atoms with Crippen molar-refractivity contribution in [2.75, 3.05) is 7.11 Å². The van der Waals surface area contributed by atoms with Gasteiger partial charge in [0.15, 0.2) is 0 Å². The van der Waals surface area contributed by atoms with Crippen molar-refractivity contribution in [3.63, 3.8) is 0 Å². The lowest BCUT2D eigenvalue weighted by atomic mass is 9.96. The molecule has 7 heteroatoms. The van der Waals surface area contributed by atoms with Crippen LogP contribution in [0.5, 0.6) is 0 Å². The van der Waals surface area contributed by atoms with Crippen molar-refractivity contribution in [2.24, 2.45) is 5.73 Å². The van der Waals surface area contributed by atoms with Crippen molar-refractivity contribution < 1.29 is 9.53 Å². The number of ether oxygens (including phenoxy) is 1. The van der Waals surface area contributed by atoms with Crippen molar-refractivity contribution in [1.29, 1.82) is 5.41 Å². The topological polar surface area (TPSA) is 102 Å². The van der Waals surface area contributed by atoms with Crippen LogP contribution < -0.4 is 5.73 Å². The molecule has 1 unspecified atom stereocenters. The highest BCUT2D eigenvalue weighted by Gasteiger charge is 2.17. The van der Waals surface area contributed by atoms with Crippen LogP contribution >= 0.6 is 11.6 Å². The van der Waals surface area contributed by atoms with Gasteiger partial charge in [0.1, 0.15) is 11.5 Å². The molecule has 1 heterocycles. The van der Waals surface area contributed by atoms with Gasteiger partial charge >= 0.3 is 5.97 Å². The van der Waals surface area contributed by atoms with E-state index in [9.17, 15) is 4.79 Å². The molecule has 0 spiro atoms. The third-order valence-corrected chi connectivity index (χ3v) is 5.06. The Labute approximate surface area is 174 Å². The van der Waals surface area contributed by atoms with E-state index in [0.717, 1.165) is 27.9 Å². The number of hydrogen-bond donors (Lipinski definition) is 2. The number of nitrogens with zero attached hydrogens (tertiary/aromatic N) is 2. The highest BCUT2D eigenvalue weighted by Crippen LogP contribution is 2.32. The first kappa shape index (κ1) is 20.5. The van der Waals surface area contributed by atoms with Gasteiger partial charge in [-0.25, -0.2) is 4.98 Å². The second kappa shape index (κ2) is 8.41. The maximum Gasteiger partial charge on any atom is 0.312 e. The molecule has 0 fully saturated rings. The first-order chi connectivity index (χ1) is 13.8. The lowest BCUT2D eigenvalue weighted by Crippen LogP contribution is -2.14. The number of aryl methyl sites for hydroxylation is 1. The Morgan fingerprint density at radius 3 is 2.41 bits per heavy atom. The van der Waals surface area contributed by atoms with E-state index in [0.29, 0.717) is 16.4 Å². The van der Waals surface area contributed by atoms with Gasteiger partial charge in [0, 0.05) is 16.1 Å². The Balaban J connectivity index is 1.92. The quantitative estimate of drug-likeness (QED) is 0.371. The van der Waals surface area contributed by atoms with Gasteiger partial charge in [-0.15, -0.1) is 0 Å². The number of benzene rings is 2. The van der Waals surface area contributed by atoms with Gasteiger partial charge in [-0.3, -0.25) is 15.2 Å². The highest BCUT2D eigenvalue weighted by atomic mass is 35.5. The molecule has 2 aromatic carbocycles. The summed E-state index contributed by atoms with van der Waals surface area (Å²) in [6.07, 6.45) is 1.49. The van der Waals surface area contributed by atoms with Crippen molar-refractivity contribution in [1.82, 2.24) is 9.97 Å². The molecule has 0 aliphatic rings. The van der Waals surface area contributed by atoms with E-state index in [4.69, 9.17) is 27.5 Å². The SMILES string of the molecule is COC(=O)C(C)c1ccc(-c2ccc(-c3nc(C(=N)N)cnc3C)cc2)c(Cl)c1. The van der Waals surface area contributed by atoms with Gasteiger partial charge in [0.25, 0.3) is 0 Å². The van der Waals surface area contributed by atoms with Crippen LogP contribution in [0, 0.1) is 12.3 Å². The van der Waals surface area contributed by atoms with Gasteiger partial charge < -0.3 is 10.5 Å². The number of carbonyl (C=O) groups is 1. The Kier molecular flexibility index (Phi) is 5.94. The van der Waals surface area contributed by atoms with Gasteiger partial charge in [-0.1, -0.05) is 48.0 Å². The molecule has 3 aromatic rings. The molecule has 0 saturated heterocycles. The third-order valence-electron chi connectivity index (χ3n) is 4.75. The number of hydrogen-bond acceptors (Lipinski definition) is 5. The lowest BCUT2D eigenvalue weighted by molar-refractivity contribution is -0.141. The van der Waals surface area contributed by atoms with Crippen LogP contribution in [0.3, 0.4) is 0 Å². The summed E-state index contributed by atoms with van der Waals surface area (Å²) in [7, 11) is 1.37. The van der Waals surface area contributed by atoms with Crippen molar-refractivity contribution in [2.45, 2.75) is 19.8 Å². The minimum absolute atomic E-state index is 0.122. The summed E-state index contributed by atoms with van der Waals surface area (Å²) in [5.74, 6) is -0.810. The molecule has 0 amide bonds. The molecule has 148 valence electrons. The van der Waals surface area contributed by atoms with Crippen LogP contribution in [0.1, 0.15) is 29.8 Å². The second-order valence-electron chi connectivity index (χ2n) is 6.66. The molecule has 6 nitrogen and oxygen atoms in total. The summed E-state index contributed by atoms with van der Waals surface area (Å²) >= 11 is 6.48. The zero-order valence-corrected chi connectivity index (χ0v) is 17.1. The summed E-state index contributed by atoms with van der Waals surface area (Å²) in [6, 6.07) is 13.3. The lowest BCUT2D eigenvalue weighted by Gasteiger charge is -2.13. The van der Waals surface area contributed by atoms with E-state index in [-0.39, 0.29) is 17.7 Å². The minimum Gasteiger partial charge on any atom is -0.469 e. The summed E-state index contributed by atoms with van der Waals surface area (Å²) in [5, 5.41) is 8.11. The van der Waals surface area contributed by atoms with Gasteiger partial charge in [-0.2, -0.15) is 0 Å². The molecule has 1 aromatic heterocycles. The zero-order chi connectivity index (χ0) is 21.1. The Hall–Kier alpha value is -3.25. The van der Waals surface area contributed by atoms with Gasteiger partial charge in [0.05, 0.1) is 30.6 Å². The summed E-state index contributed by atoms with van der Waals surface area (Å²) in [5.41, 5.74) is 10.8. The first-order valence-electron chi connectivity index (χ1n) is 8.98. The maximum atomic E-state index is 11.7. The third kappa shape index (κ3) is 4.27. The predicted molar refractivity (Wildman–Crippen MR) is 114 cm³/mol. The number of amidine groups is 1. The maximum absolute atomic E-state index is 11.7. The smallest absolute Gasteiger partial charge is 0.312 e. The van der Waals surface area contributed by atoms with Crippen LogP contribution in [0.15, 0.2) is 48.7 Å². The summed E-state index contributed by atoms with van der Waals surface area (Å²) in [4.78, 5) is 20.5. The molecule has 0 bridgehead atoms. The molecule has 0 aliphatic carbocycles.